The average molecular weight is 673 g/mol. The fraction of sp³-hybridized carbons (Fsp3) is 0.405. The van der Waals surface area contributed by atoms with Crippen LogP contribution in [0.25, 0.3) is 0 Å². The molecule has 0 spiro atoms. The summed E-state index contributed by atoms with van der Waals surface area (Å²) < 4.78 is 14.7. The fourth-order valence-electron chi connectivity index (χ4n) is 5.96. The van der Waals surface area contributed by atoms with Gasteiger partial charge in [-0.2, -0.15) is 0 Å². The highest BCUT2D eigenvalue weighted by atomic mass is 32.1. The third kappa shape index (κ3) is 8.38. The summed E-state index contributed by atoms with van der Waals surface area (Å²) in [5.41, 5.74) is 2.87. The molecule has 2 aromatic heterocycles. The zero-order valence-electron chi connectivity index (χ0n) is 28.5. The maximum absolute atomic E-state index is 14.7. The first-order valence-corrected chi connectivity index (χ1v) is 17.1. The van der Waals surface area contributed by atoms with Crippen LogP contribution in [0.5, 0.6) is 0 Å². The number of halogens is 1. The molecule has 11 heteroatoms. The summed E-state index contributed by atoms with van der Waals surface area (Å²) in [5.74, 6) is -0.537. The van der Waals surface area contributed by atoms with Crippen LogP contribution in [0.2, 0.25) is 0 Å². The number of benzene rings is 2. The van der Waals surface area contributed by atoms with Crippen LogP contribution in [0.1, 0.15) is 75.3 Å². The molecule has 0 saturated carbocycles. The van der Waals surface area contributed by atoms with Crippen molar-refractivity contribution in [2.24, 2.45) is 0 Å². The Morgan fingerprint density at radius 1 is 1.08 bits per heavy atom. The molecule has 1 aliphatic heterocycles. The number of nitrogens with zero attached hydrogens (tertiary/aromatic N) is 5. The number of carbonyl (C=O) groups is 2. The first-order chi connectivity index (χ1) is 22.8. The first kappa shape index (κ1) is 35.0. The van der Waals surface area contributed by atoms with Gasteiger partial charge < -0.3 is 25.1 Å². The second kappa shape index (κ2) is 14.8. The van der Waals surface area contributed by atoms with Crippen molar-refractivity contribution >= 4 is 34.5 Å². The molecule has 1 aliphatic rings. The minimum Gasteiger partial charge on any atom is -0.389 e. The molecule has 1 fully saturated rings. The minimum atomic E-state index is -1.57. The molecule has 0 unspecified atom stereocenters. The predicted molar refractivity (Wildman–Crippen MR) is 190 cm³/mol. The molecule has 1 saturated heterocycles. The summed E-state index contributed by atoms with van der Waals surface area (Å²) >= 11 is 1.57. The van der Waals surface area contributed by atoms with Crippen LogP contribution in [-0.4, -0.2) is 78.2 Å². The summed E-state index contributed by atoms with van der Waals surface area (Å²) in [4.78, 5) is 42.3. The Balaban J connectivity index is 1.39. The number of pyridine rings is 1. The predicted octanol–water partition coefficient (Wildman–Crippen LogP) is 5.93. The number of aliphatic hydroxyl groups excluding tert-OH is 1. The first-order valence-electron chi connectivity index (χ1n) is 16.2. The number of alkyl halides is 1. The molecule has 2 amide bonds. The molecule has 0 radical (unpaired) electrons. The van der Waals surface area contributed by atoms with E-state index in [-0.39, 0.29) is 18.5 Å². The molecular weight excluding hydrogens is 628 g/mol. The van der Waals surface area contributed by atoms with E-state index >= 15 is 0 Å². The van der Waals surface area contributed by atoms with Crippen LogP contribution >= 0.6 is 11.3 Å². The molecule has 0 aliphatic carbocycles. The van der Waals surface area contributed by atoms with Crippen molar-refractivity contribution in [1.29, 1.82) is 0 Å². The fourth-order valence-corrected chi connectivity index (χ4v) is 6.90. The molecule has 254 valence electrons. The number of aromatic nitrogens is 2. The standard InChI is InChI=1S/C37H45FN6O3S/c1-24-23-48-35(40-24)32-13-10-14-44(32)36(47)27-16-26(17-29(18-27)42(4)5)34(46)41-31(15-25-11-8-7-9-12-25)33(45)22-43(6)30-19-28(20-39-21-30)37(2,3)38/h7-9,11-12,16-21,23,31-33,45H,10,13-15,22H2,1-6H3,(H,41,46)/t31-,32+,33+/m0/s1. The van der Waals surface area contributed by atoms with Gasteiger partial charge in [-0.25, -0.2) is 9.37 Å². The van der Waals surface area contributed by atoms with Crippen LogP contribution in [0.3, 0.4) is 0 Å². The van der Waals surface area contributed by atoms with Crippen LogP contribution in [-0.2, 0) is 12.1 Å². The number of aliphatic hydroxyl groups is 1. The second-order valence-corrected chi connectivity index (χ2v) is 14.2. The minimum absolute atomic E-state index is 0.0919. The SMILES string of the molecule is Cc1csc([C@H]2CCCN2C(=O)c2cc(C(=O)N[C@@H](Cc3ccccc3)[C@H](O)CN(C)c3cncc(C(C)(C)F)c3)cc(N(C)C)c2)n1. The number of aryl methyl sites for hydroxylation is 1. The number of hydrogen-bond donors (Lipinski definition) is 2. The molecule has 3 atom stereocenters. The molecule has 48 heavy (non-hydrogen) atoms. The zero-order valence-corrected chi connectivity index (χ0v) is 29.3. The van der Waals surface area contributed by atoms with Gasteiger partial charge >= 0.3 is 0 Å². The monoisotopic (exact) mass is 672 g/mol. The van der Waals surface area contributed by atoms with E-state index in [1.54, 1.807) is 47.7 Å². The highest BCUT2D eigenvalue weighted by molar-refractivity contribution is 7.09. The van der Waals surface area contributed by atoms with E-state index in [0.717, 1.165) is 34.8 Å². The van der Waals surface area contributed by atoms with E-state index in [0.29, 0.717) is 35.3 Å². The molecule has 9 nitrogen and oxygen atoms in total. The lowest BCUT2D eigenvalue weighted by Crippen LogP contribution is -2.49. The molecule has 2 N–H and O–H groups in total. The summed E-state index contributed by atoms with van der Waals surface area (Å²) in [5, 5.41) is 17.6. The topological polar surface area (TPSA) is 102 Å². The Hall–Kier alpha value is -4.35. The highest BCUT2D eigenvalue weighted by Crippen LogP contribution is 2.35. The van der Waals surface area contributed by atoms with Crippen molar-refractivity contribution in [1.82, 2.24) is 20.2 Å². The highest BCUT2D eigenvalue weighted by Gasteiger charge is 2.33. The van der Waals surface area contributed by atoms with E-state index in [2.05, 4.69) is 15.3 Å². The number of likely N-dealkylation sites (N-methyl/N-ethyl adjacent to an activating group) is 1. The molecule has 5 rings (SSSR count). The Morgan fingerprint density at radius 3 is 2.48 bits per heavy atom. The van der Waals surface area contributed by atoms with Gasteiger partial charge in [0.15, 0.2) is 0 Å². The molecule has 2 aromatic carbocycles. The smallest absolute Gasteiger partial charge is 0.254 e. The number of likely N-dealkylation sites (tertiary alicyclic amines) is 1. The van der Waals surface area contributed by atoms with Gasteiger partial charge in [0.2, 0.25) is 0 Å². The van der Waals surface area contributed by atoms with E-state index in [1.165, 1.54) is 20.0 Å². The molecule has 0 bridgehead atoms. The van der Waals surface area contributed by atoms with Crippen LogP contribution in [0.4, 0.5) is 15.8 Å². The third-order valence-electron chi connectivity index (χ3n) is 8.77. The Kier molecular flexibility index (Phi) is 10.8. The Morgan fingerprint density at radius 2 is 1.81 bits per heavy atom. The number of carbonyl (C=O) groups excluding carboxylic acids is 2. The van der Waals surface area contributed by atoms with Gasteiger partial charge in [0.25, 0.3) is 11.8 Å². The lowest BCUT2D eigenvalue weighted by Gasteiger charge is -2.30. The summed E-state index contributed by atoms with van der Waals surface area (Å²) in [6.45, 7) is 5.68. The van der Waals surface area contributed by atoms with Crippen molar-refractivity contribution in [3.05, 3.63) is 105 Å². The van der Waals surface area contributed by atoms with Crippen LogP contribution in [0.15, 0.2) is 72.4 Å². The van der Waals surface area contributed by atoms with E-state index in [4.69, 9.17) is 0 Å². The molecular formula is C37H45FN6O3S. The van der Waals surface area contributed by atoms with E-state index in [1.807, 2.05) is 72.6 Å². The molecule has 4 aromatic rings. The van der Waals surface area contributed by atoms with Crippen molar-refractivity contribution in [3.63, 3.8) is 0 Å². The number of anilines is 2. The van der Waals surface area contributed by atoms with Gasteiger partial charge in [-0.3, -0.25) is 14.6 Å². The van der Waals surface area contributed by atoms with Gasteiger partial charge in [-0.15, -0.1) is 11.3 Å². The normalized spacial score (nSPS) is 16.0. The number of thiazole rings is 1. The molecule has 3 heterocycles. The van der Waals surface area contributed by atoms with E-state index < -0.39 is 23.7 Å². The number of amides is 2. The number of hydrogen-bond acceptors (Lipinski definition) is 8. The van der Waals surface area contributed by atoms with Gasteiger partial charge in [-0.1, -0.05) is 30.3 Å². The lowest BCUT2D eigenvalue weighted by atomic mass is 9.99. The third-order valence-corrected chi connectivity index (χ3v) is 9.83. The number of rotatable bonds is 12. The van der Waals surface area contributed by atoms with Crippen molar-refractivity contribution in [3.8, 4) is 0 Å². The lowest BCUT2D eigenvalue weighted by molar-refractivity contribution is 0.0735. The van der Waals surface area contributed by atoms with Gasteiger partial charge in [0.05, 0.1) is 30.1 Å². The van der Waals surface area contributed by atoms with Gasteiger partial charge in [0.1, 0.15) is 10.7 Å². The van der Waals surface area contributed by atoms with Gasteiger partial charge in [0, 0.05) is 73.9 Å². The van der Waals surface area contributed by atoms with Crippen molar-refractivity contribution in [2.45, 2.75) is 63.9 Å². The quantitative estimate of drug-likeness (QED) is 0.192. The van der Waals surface area contributed by atoms with Crippen LogP contribution in [0, 0.1) is 6.92 Å². The maximum Gasteiger partial charge on any atom is 0.254 e. The number of nitrogens with one attached hydrogen (secondary N) is 1. The largest absolute Gasteiger partial charge is 0.389 e. The maximum atomic E-state index is 14.7. The summed E-state index contributed by atoms with van der Waals surface area (Å²) in [6, 6.07) is 15.8. The van der Waals surface area contributed by atoms with Crippen molar-refractivity contribution in [2.75, 3.05) is 44.0 Å². The van der Waals surface area contributed by atoms with E-state index in [9.17, 15) is 19.1 Å². The van der Waals surface area contributed by atoms with Crippen molar-refractivity contribution < 1.29 is 19.1 Å². The Bertz CT molecular complexity index is 1720. The summed E-state index contributed by atoms with van der Waals surface area (Å²) in [6.07, 6.45) is 4.23. The zero-order chi connectivity index (χ0) is 34.6. The van der Waals surface area contributed by atoms with Gasteiger partial charge in [-0.05, 0) is 69.9 Å². The summed E-state index contributed by atoms with van der Waals surface area (Å²) in [7, 11) is 5.54. The van der Waals surface area contributed by atoms with Crippen LogP contribution < -0.4 is 15.1 Å². The second-order valence-electron chi connectivity index (χ2n) is 13.3. The Labute approximate surface area is 286 Å². The average Bonchev–Trinajstić information content (AvgIpc) is 3.73.